The number of hydrogen-bond donors (Lipinski definition) is 2. The zero-order valence-electron chi connectivity index (χ0n) is 11.1. The van der Waals surface area contributed by atoms with E-state index in [1.54, 1.807) is 12.4 Å². The third-order valence-electron chi connectivity index (χ3n) is 2.82. The van der Waals surface area contributed by atoms with E-state index < -0.39 is 4.92 Å². The van der Waals surface area contributed by atoms with E-state index in [0.717, 1.165) is 5.56 Å². The maximum absolute atomic E-state index is 11.1. The molecule has 2 rings (SSSR count). The van der Waals surface area contributed by atoms with E-state index in [-0.39, 0.29) is 29.2 Å². The smallest absolute Gasteiger partial charge is 0.332 e. The molecule has 0 fully saturated rings. The van der Waals surface area contributed by atoms with Crippen molar-refractivity contribution in [2.45, 2.75) is 19.9 Å². The number of nitrogens with zero attached hydrogens (tertiary/aromatic N) is 4. The third-order valence-corrected chi connectivity index (χ3v) is 2.82. The molecule has 0 radical (unpaired) electrons. The van der Waals surface area contributed by atoms with E-state index in [1.807, 2.05) is 19.1 Å². The zero-order valence-corrected chi connectivity index (χ0v) is 11.1. The summed E-state index contributed by atoms with van der Waals surface area (Å²) in [5.74, 6) is 0.113. The van der Waals surface area contributed by atoms with Crippen LogP contribution in [0.4, 0.5) is 17.5 Å². The highest BCUT2D eigenvalue weighted by molar-refractivity contribution is 5.61. The molecule has 104 valence electrons. The van der Waals surface area contributed by atoms with Gasteiger partial charge < -0.3 is 11.1 Å². The monoisotopic (exact) mass is 274 g/mol. The van der Waals surface area contributed by atoms with Crippen molar-refractivity contribution in [2.24, 2.45) is 0 Å². The van der Waals surface area contributed by atoms with Gasteiger partial charge in [0.25, 0.3) is 0 Å². The number of nitro groups is 1. The molecule has 2 heterocycles. The summed E-state index contributed by atoms with van der Waals surface area (Å²) in [6, 6.07) is 3.47. The number of nitrogens with one attached hydrogen (secondary N) is 1. The molecular formula is C12H14N6O2. The molecular weight excluding hydrogens is 260 g/mol. The molecule has 0 saturated carbocycles. The molecule has 1 unspecified atom stereocenters. The maximum Gasteiger partial charge on any atom is 0.332 e. The number of pyridine rings is 1. The van der Waals surface area contributed by atoms with Crippen molar-refractivity contribution < 1.29 is 4.92 Å². The molecule has 0 aliphatic carbocycles. The number of hydrogen-bond acceptors (Lipinski definition) is 7. The fourth-order valence-electron chi connectivity index (χ4n) is 1.85. The lowest BCUT2D eigenvalue weighted by atomic mass is 10.1. The van der Waals surface area contributed by atoms with Crippen LogP contribution in [0.15, 0.2) is 24.5 Å². The maximum atomic E-state index is 11.1. The number of aryl methyl sites for hydroxylation is 1. The van der Waals surface area contributed by atoms with Gasteiger partial charge in [0.2, 0.25) is 11.8 Å². The second-order valence-electron chi connectivity index (χ2n) is 4.27. The zero-order chi connectivity index (χ0) is 14.7. The molecule has 3 N–H and O–H groups in total. The van der Waals surface area contributed by atoms with Crippen LogP contribution in [-0.2, 0) is 0 Å². The summed E-state index contributed by atoms with van der Waals surface area (Å²) >= 11 is 0. The van der Waals surface area contributed by atoms with Gasteiger partial charge in [-0.1, -0.05) is 0 Å². The van der Waals surface area contributed by atoms with Crippen LogP contribution in [0, 0.1) is 17.0 Å². The summed E-state index contributed by atoms with van der Waals surface area (Å²) in [6.07, 6.45) is 3.31. The van der Waals surface area contributed by atoms with Crippen LogP contribution in [-0.4, -0.2) is 19.9 Å². The lowest BCUT2D eigenvalue weighted by Gasteiger charge is -2.15. The Kier molecular flexibility index (Phi) is 3.74. The molecule has 0 aromatic carbocycles. The molecule has 0 bridgehead atoms. The minimum Gasteiger partial charge on any atom is -0.368 e. The van der Waals surface area contributed by atoms with Gasteiger partial charge in [0.15, 0.2) is 0 Å². The highest BCUT2D eigenvalue weighted by atomic mass is 16.6. The lowest BCUT2D eigenvalue weighted by molar-refractivity contribution is -0.385. The number of anilines is 2. The molecule has 1 atom stereocenters. The van der Waals surface area contributed by atoms with Gasteiger partial charge in [-0.25, -0.2) is 4.98 Å². The van der Waals surface area contributed by atoms with Crippen molar-refractivity contribution in [1.29, 1.82) is 0 Å². The van der Waals surface area contributed by atoms with Crippen LogP contribution < -0.4 is 11.1 Å². The molecule has 0 spiro atoms. The van der Waals surface area contributed by atoms with E-state index in [0.29, 0.717) is 0 Å². The van der Waals surface area contributed by atoms with Gasteiger partial charge in [0, 0.05) is 12.4 Å². The predicted molar refractivity (Wildman–Crippen MR) is 74.1 cm³/mol. The summed E-state index contributed by atoms with van der Waals surface area (Å²) in [6.45, 7) is 3.39. The van der Waals surface area contributed by atoms with Crippen LogP contribution in [0.3, 0.4) is 0 Å². The summed E-state index contributed by atoms with van der Waals surface area (Å²) in [5, 5.41) is 14.1. The highest BCUT2D eigenvalue weighted by Gasteiger charge is 2.22. The average molecular weight is 274 g/mol. The van der Waals surface area contributed by atoms with E-state index in [2.05, 4.69) is 20.3 Å². The van der Waals surface area contributed by atoms with Gasteiger partial charge in [0.05, 0.1) is 11.0 Å². The number of nitrogens with two attached hydrogens (primary N) is 1. The van der Waals surface area contributed by atoms with Gasteiger partial charge in [-0.3, -0.25) is 15.1 Å². The van der Waals surface area contributed by atoms with E-state index in [4.69, 9.17) is 5.73 Å². The molecule has 20 heavy (non-hydrogen) atoms. The molecule has 8 nitrogen and oxygen atoms in total. The third kappa shape index (κ3) is 2.79. The van der Waals surface area contributed by atoms with Gasteiger partial charge in [-0.2, -0.15) is 4.98 Å². The van der Waals surface area contributed by atoms with Gasteiger partial charge in [-0.05, 0) is 31.5 Å². The van der Waals surface area contributed by atoms with Gasteiger partial charge >= 0.3 is 5.69 Å². The van der Waals surface area contributed by atoms with Crippen LogP contribution in [0.1, 0.15) is 24.2 Å². The number of nitrogen functional groups attached to an aromatic ring is 1. The van der Waals surface area contributed by atoms with E-state index in [1.165, 1.54) is 6.92 Å². The normalized spacial score (nSPS) is 11.9. The first-order valence-electron chi connectivity index (χ1n) is 5.94. The highest BCUT2D eigenvalue weighted by Crippen LogP contribution is 2.28. The first kappa shape index (κ1) is 13.7. The standard InChI is InChI=1S/C12H14N6O2/c1-7(9-3-5-14-6-4-9)15-11-10(18(19)20)8(2)16-12(13)17-11/h3-7H,1-2H3,(H3,13,15,16,17). The minimum absolute atomic E-state index is 0.00229. The molecule has 2 aromatic rings. The van der Waals surface area contributed by atoms with E-state index in [9.17, 15) is 10.1 Å². The fourth-order valence-corrected chi connectivity index (χ4v) is 1.85. The van der Waals surface area contributed by atoms with Crippen molar-refractivity contribution in [3.63, 3.8) is 0 Å². The van der Waals surface area contributed by atoms with Crippen molar-refractivity contribution in [3.8, 4) is 0 Å². The van der Waals surface area contributed by atoms with Crippen LogP contribution in [0.2, 0.25) is 0 Å². The Morgan fingerprint density at radius 1 is 1.35 bits per heavy atom. The first-order chi connectivity index (χ1) is 9.49. The summed E-state index contributed by atoms with van der Waals surface area (Å²) in [5.41, 5.74) is 6.54. The van der Waals surface area contributed by atoms with Crippen molar-refractivity contribution >= 4 is 17.5 Å². The Balaban J connectivity index is 2.36. The molecule has 8 heteroatoms. The molecule has 2 aromatic heterocycles. The van der Waals surface area contributed by atoms with Crippen molar-refractivity contribution in [2.75, 3.05) is 11.1 Å². The largest absolute Gasteiger partial charge is 0.368 e. The topological polar surface area (TPSA) is 120 Å². The predicted octanol–water partition coefficient (Wildman–Crippen LogP) is 1.84. The van der Waals surface area contributed by atoms with Gasteiger partial charge in [-0.15, -0.1) is 0 Å². The molecule has 0 aliphatic heterocycles. The Labute approximate surface area is 115 Å². The van der Waals surface area contributed by atoms with Crippen molar-refractivity contribution in [3.05, 3.63) is 45.9 Å². The summed E-state index contributed by atoms with van der Waals surface area (Å²) in [7, 11) is 0. The Hall–Kier alpha value is -2.77. The second kappa shape index (κ2) is 5.47. The number of rotatable bonds is 4. The summed E-state index contributed by atoms with van der Waals surface area (Å²) < 4.78 is 0. The van der Waals surface area contributed by atoms with Crippen LogP contribution in [0.5, 0.6) is 0 Å². The van der Waals surface area contributed by atoms with Crippen LogP contribution >= 0.6 is 0 Å². The first-order valence-corrected chi connectivity index (χ1v) is 5.94. The molecule has 0 amide bonds. The Morgan fingerprint density at radius 3 is 2.60 bits per heavy atom. The fraction of sp³-hybridized carbons (Fsp3) is 0.250. The van der Waals surface area contributed by atoms with Crippen molar-refractivity contribution in [1.82, 2.24) is 15.0 Å². The quantitative estimate of drug-likeness (QED) is 0.644. The SMILES string of the molecule is Cc1nc(N)nc(NC(C)c2ccncc2)c1[N+](=O)[O-]. The Bertz CT molecular complexity index is 631. The number of aromatic nitrogens is 3. The van der Waals surface area contributed by atoms with E-state index >= 15 is 0 Å². The summed E-state index contributed by atoms with van der Waals surface area (Å²) in [4.78, 5) is 22.2. The lowest BCUT2D eigenvalue weighted by Crippen LogP contribution is -2.13. The Morgan fingerprint density at radius 2 is 2.00 bits per heavy atom. The molecule has 0 saturated heterocycles. The van der Waals surface area contributed by atoms with Gasteiger partial charge in [0.1, 0.15) is 5.69 Å². The minimum atomic E-state index is -0.517. The van der Waals surface area contributed by atoms with Crippen LogP contribution in [0.25, 0.3) is 0 Å². The average Bonchev–Trinajstić information content (AvgIpc) is 2.38. The second-order valence-corrected chi connectivity index (χ2v) is 4.27. The molecule has 0 aliphatic rings.